The Morgan fingerprint density at radius 2 is 2.10 bits per heavy atom. The maximum Gasteiger partial charge on any atom is 0.189 e. The zero-order chi connectivity index (χ0) is 14.7. The van der Waals surface area contributed by atoms with E-state index in [0.717, 1.165) is 11.4 Å². The van der Waals surface area contributed by atoms with Gasteiger partial charge in [0.15, 0.2) is 5.78 Å². The topological polar surface area (TPSA) is 60.7 Å². The van der Waals surface area contributed by atoms with Crippen LogP contribution in [-0.4, -0.2) is 25.2 Å². The minimum Gasteiger partial charge on any atom is -0.289 e. The Bertz CT molecular complexity index is 775. The number of benzene rings is 1. The van der Waals surface area contributed by atoms with Gasteiger partial charge in [-0.05, 0) is 42.7 Å². The molecule has 1 aromatic carbocycles. The van der Waals surface area contributed by atoms with Crippen molar-refractivity contribution in [2.75, 3.05) is 0 Å². The van der Waals surface area contributed by atoms with E-state index < -0.39 is 0 Å². The zero-order valence-electron chi connectivity index (χ0n) is 11.3. The second kappa shape index (κ2) is 5.80. The third-order valence-electron chi connectivity index (χ3n) is 3.06. The fourth-order valence-corrected chi connectivity index (χ4v) is 2.40. The Kier molecular flexibility index (Phi) is 3.70. The van der Waals surface area contributed by atoms with Gasteiger partial charge in [0, 0.05) is 5.38 Å². The van der Waals surface area contributed by atoms with E-state index in [4.69, 9.17) is 0 Å². The summed E-state index contributed by atoms with van der Waals surface area (Å²) in [7, 11) is 0. The lowest BCUT2D eigenvalue weighted by atomic mass is 10.1. The molecule has 6 heteroatoms. The molecule has 0 amide bonds. The first-order valence-corrected chi connectivity index (χ1v) is 7.19. The summed E-state index contributed by atoms with van der Waals surface area (Å²) >= 11 is 1.25. The molecule has 0 N–H and O–H groups in total. The fraction of sp³-hybridized carbons (Fsp3) is 0.0667. The van der Waals surface area contributed by atoms with Gasteiger partial charge in [-0.25, -0.2) is 4.68 Å². The number of carbonyl (C=O) groups excluding carboxylic acids is 1. The summed E-state index contributed by atoms with van der Waals surface area (Å²) in [5.41, 5.74) is 3.01. The van der Waals surface area contributed by atoms with E-state index in [2.05, 4.69) is 14.7 Å². The molecule has 2 aromatic heterocycles. The molecule has 3 aromatic rings. The van der Waals surface area contributed by atoms with Crippen LogP contribution >= 0.6 is 11.5 Å². The highest BCUT2D eigenvalue weighted by Gasteiger charge is 2.12. The van der Waals surface area contributed by atoms with E-state index in [9.17, 15) is 4.79 Å². The van der Waals surface area contributed by atoms with Crippen LogP contribution in [0.1, 0.15) is 21.7 Å². The smallest absolute Gasteiger partial charge is 0.189 e. The molecule has 0 saturated carbocycles. The molecule has 104 valence electrons. The molecular formula is C15H12N4OS. The first-order chi connectivity index (χ1) is 10.3. The number of ketones is 1. The molecule has 0 aliphatic rings. The average Bonchev–Trinajstić information content (AvgIpc) is 3.15. The van der Waals surface area contributed by atoms with Gasteiger partial charge in [0.2, 0.25) is 0 Å². The standard InChI is InChI=1S/C15H12N4OS/c1-11-14(15(20)8-7-12-10-21-18-17-12)9-16-19(11)13-5-3-2-4-6-13/h2-10H,1H3/b8-7+. The first-order valence-electron chi connectivity index (χ1n) is 6.35. The van der Waals surface area contributed by atoms with Crippen LogP contribution in [0.4, 0.5) is 0 Å². The predicted octanol–water partition coefficient (Wildman–Crippen LogP) is 2.93. The number of nitrogens with zero attached hydrogens (tertiary/aromatic N) is 4. The van der Waals surface area contributed by atoms with Gasteiger partial charge < -0.3 is 0 Å². The van der Waals surface area contributed by atoms with Gasteiger partial charge in [-0.3, -0.25) is 4.79 Å². The number of aromatic nitrogens is 4. The van der Waals surface area contributed by atoms with Gasteiger partial charge in [0.05, 0.1) is 28.8 Å². The number of allylic oxidation sites excluding steroid dienone is 1. The van der Waals surface area contributed by atoms with Gasteiger partial charge in [0.25, 0.3) is 0 Å². The van der Waals surface area contributed by atoms with Crippen LogP contribution < -0.4 is 0 Å². The molecule has 0 aliphatic heterocycles. The highest BCUT2D eigenvalue weighted by molar-refractivity contribution is 7.03. The quantitative estimate of drug-likeness (QED) is 0.548. The Hall–Kier alpha value is -2.60. The van der Waals surface area contributed by atoms with Crippen molar-refractivity contribution in [1.82, 2.24) is 19.4 Å². The highest BCUT2D eigenvalue weighted by Crippen LogP contribution is 2.15. The molecule has 0 spiro atoms. The third kappa shape index (κ3) is 2.80. The highest BCUT2D eigenvalue weighted by atomic mass is 32.1. The lowest BCUT2D eigenvalue weighted by Gasteiger charge is -2.03. The maximum absolute atomic E-state index is 12.2. The monoisotopic (exact) mass is 296 g/mol. The van der Waals surface area contributed by atoms with Crippen LogP contribution in [0.2, 0.25) is 0 Å². The minimum absolute atomic E-state index is 0.0947. The van der Waals surface area contributed by atoms with Gasteiger partial charge in [-0.1, -0.05) is 22.7 Å². The molecule has 21 heavy (non-hydrogen) atoms. The Balaban J connectivity index is 1.87. The van der Waals surface area contributed by atoms with E-state index in [1.165, 1.54) is 17.6 Å². The van der Waals surface area contributed by atoms with Gasteiger partial charge in [-0.15, -0.1) is 5.10 Å². The van der Waals surface area contributed by atoms with E-state index in [1.807, 2.05) is 37.3 Å². The number of hydrogen-bond donors (Lipinski definition) is 0. The second-order valence-corrected chi connectivity index (χ2v) is 5.03. The SMILES string of the molecule is Cc1c(C(=O)/C=C/c2csnn2)cnn1-c1ccccc1. The van der Waals surface area contributed by atoms with E-state index in [-0.39, 0.29) is 5.78 Å². The molecule has 0 fully saturated rings. The third-order valence-corrected chi connectivity index (χ3v) is 3.58. The van der Waals surface area contributed by atoms with E-state index in [0.29, 0.717) is 11.3 Å². The zero-order valence-corrected chi connectivity index (χ0v) is 12.1. The summed E-state index contributed by atoms with van der Waals surface area (Å²) in [6.45, 7) is 1.88. The summed E-state index contributed by atoms with van der Waals surface area (Å²) in [6.07, 6.45) is 4.75. The second-order valence-electron chi connectivity index (χ2n) is 4.42. The van der Waals surface area contributed by atoms with Crippen molar-refractivity contribution in [2.45, 2.75) is 6.92 Å². The Labute approximate surface area is 125 Å². The number of rotatable bonds is 4. The average molecular weight is 296 g/mol. The molecule has 2 heterocycles. The van der Waals surface area contributed by atoms with E-state index >= 15 is 0 Å². The van der Waals surface area contributed by atoms with Crippen molar-refractivity contribution in [3.05, 3.63) is 64.9 Å². The molecule has 0 atom stereocenters. The number of hydrogen-bond acceptors (Lipinski definition) is 5. The normalized spacial score (nSPS) is 11.1. The predicted molar refractivity (Wildman–Crippen MR) is 81.6 cm³/mol. The summed E-state index contributed by atoms with van der Waals surface area (Å²) in [6, 6.07) is 9.72. The molecule has 0 bridgehead atoms. The molecular weight excluding hydrogens is 284 g/mol. The molecule has 3 rings (SSSR count). The molecule has 0 saturated heterocycles. The first kappa shape index (κ1) is 13.4. The van der Waals surface area contributed by atoms with Crippen LogP contribution in [0.25, 0.3) is 11.8 Å². The van der Waals surface area contributed by atoms with Crippen molar-refractivity contribution >= 4 is 23.4 Å². The van der Waals surface area contributed by atoms with Crippen LogP contribution in [0.5, 0.6) is 0 Å². The largest absolute Gasteiger partial charge is 0.289 e. The van der Waals surface area contributed by atoms with Gasteiger partial charge >= 0.3 is 0 Å². The number of carbonyl (C=O) groups is 1. The maximum atomic E-state index is 12.2. The van der Waals surface area contributed by atoms with Crippen molar-refractivity contribution < 1.29 is 4.79 Å². The summed E-state index contributed by atoms with van der Waals surface area (Å²) < 4.78 is 5.50. The molecule has 0 radical (unpaired) electrons. The summed E-state index contributed by atoms with van der Waals surface area (Å²) in [5, 5.41) is 9.94. The van der Waals surface area contributed by atoms with Crippen molar-refractivity contribution in [2.24, 2.45) is 0 Å². The van der Waals surface area contributed by atoms with E-state index in [1.54, 1.807) is 22.3 Å². The fourth-order valence-electron chi connectivity index (χ4n) is 1.98. The lowest BCUT2D eigenvalue weighted by molar-refractivity contribution is 0.104. The lowest BCUT2D eigenvalue weighted by Crippen LogP contribution is -2.01. The molecule has 0 aliphatic carbocycles. The minimum atomic E-state index is -0.0947. The summed E-state index contributed by atoms with van der Waals surface area (Å²) in [5.74, 6) is -0.0947. The van der Waals surface area contributed by atoms with Crippen molar-refractivity contribution in [3.63, 3.8) is 0 Å². The molecule has 0 unspecified atom stereocenters. The van der Waals surface area contributed by atoms with Crippen molar-refractivity contribution in [1.29, 1.82) is 0 Å². The number of para-hydroxylation sites is 1. The van der Waals surface area contributed by atoms with Crippen LogP contribution in [-0.2, 0) is 0 Å². The van der Waals surface area contributed by atoms with Gasteiger partial charge in [0.1, 0.15) is 0 Å². The van der Waals surface area contributed by atoms with Gasteiger partial charge in [-0.2, -0.15) is 5.10 Å². The van der Waals surface area contributed by atoms with Crippen LogP contribution in [0, 0.1) is 6.92 Å². The molecule has 5 nitrogen and oxygen atoms in total. The van der Waals surface area contributed by atoms with Crippen LogP contribution in [0.15, 0.2) is 48.0 Å². The Morgan fingerprint density at radius 1 is 1.29 bits per heavy atom. The Morgan fingerprint density at radius 3 is 2.81 bits per heavy atom. The summed E-state index contributed by atoms with van der Waals surface area (Å²) in [4.78, 5) is 12.2. The van der Waals surface area contributed by atoms with Crippen LogP contribution in [0.3, 0.4) is 0 Å². The van der Waals surface area contributed by atoms with Crippen molar-refractivity contribution in [3.8, 4) is 5.69 Å².